The number of fused-ring (bicyclic) bond motifs is 1. The molecule has 0 saturated carbocycles. The molecule has 0 aliphatic rings. The molecule has 0 atom stereocenters. The summed E-state index contributed by atoms with van der Waals surface area (Å²) in [5.41, 5.74) is 7.29. The van der Waals surface area contributed by atoms with Gasteiger partial charge in [0.15, 0.2) is 0 Å². The fraction of sp³-hybridized carbons (Fsp3) is 0.0833. The summed E-state index contributed by atoms with van der Waals surface area (Å²) >= 11 is 8.25. The van der Waals surface area contributed by atoms with Crippen molar-refractivity contribution in [1.29, 1.82) is 0 Å². The number of nitrogen functional groups attached to an aromatic ring is 1. The van der Waals surface area contributed by atoms with Crippen molar-refractivity contribution in [1.82, 2.24) is 9.55 Å². The van der Waals surface area contributed by atoms with Gasteiger partial charge in [0, 0.05) is 20.8 Å². The van der Waals surface area contributed by atoms with E-state index in [0.29, 0.717) is 22.5 Å². The number of halogens is 3. The fourth-order valence-corrected chi connectivity index (χ4v) is 3.67. The maximum Gasteiger partial charge on any atom is 0.201 e. The summed E-state index contributed by atoms with van der Waals surface area (Å²) in [6.45, 7) is 0.622. The van der Waals surface area contributed by atoms with Gasteiger partial charge in [0.2, 0.25) is 5.95 Å². The standard InChI is InChI=1S/C12H8Br2FN3S/c13-6-1-7(19-5-6)4-18-11-2-8(14)9(15)3-10(11)17-12(18)16/h1-3,5H,4H2,(H2,16,17). The van der Waals surface area contributed by atoms with Crippen LogP contribution < -0.4 is 5.73 Å². The minimum absolute atomic E-state index is 0.337. The van der Waals surface area contributed by atoms with Gasteiger partial charge in [-0.05, 0) is 44.0 Å². The Bertz CT molecular complexity index is 766. The average Bonchev–Trinajstić information content (AvgIpc) is 2.87. The summed E-state index contributed by atoms with van der Waals surface area (Å²) in [5.74, 6) is 0.0491. The molecule has 2 aromatic heterocycles. The van der Waals surface area contributed by atoms with Crippen LogP contribution in [0.5, 0.6) is 0 Å². The van der Waals surface area contributed by atoms with Crippen molar-refractivity contribution in [2.45, 2.75) is 6.54 Å². The van der Waals surface area contributed by atoms with Crippen LogP contribution in [0.15, 0.2) is 32.5 Å². The van der Waals surface area contributed by atoms with Crippen LogP contribution in [0, 0.1) is 5.82 Å². The molecule has 0 spiro atoms. The van der Waals surface area contributed by atoms with E-state index in [0.717, 1.165) is 14.9 Å². The van der Waals surface area contributed by atoms with Gasteiger partial charge < -0.3 is 10.3 Å². The highest BCUT2D eigenvalue weighted by atomic mass is 79.9. The zero-order valence-electron chi connectivity index (χ0n) is 9.53. The number of anilines is 1. The van der Waals surface area contributed by atoms with E-state index in [4.69, 9.17) is 5.73 Å². The number of thiophene rings is 1. The van der Waals surface area contributed by atoms with Gasteiger partial charge in [-0.2, -0.15) is 0 Å². The van der Waals surface area contributed by atoms with E-state index in [9.17, 15) is 4.39 Å². The van der Waals surface area contributed by atoms with Crippen molar-refractivity contribution >= 4 is 60.2 Å². The van der Waals surface area contributed by atoms with Crippen molar-refractivity contribution < 1.29 is 4.39 Å². The molecule has 0 unspecified atom stereocenters. The molecule has 0 aliphatic heterocycles. The third kappa shape index (κ3) is 2.42. The lowest BCUT2D eigenvalue weighted by Crippen LogP contribution is -2.03. The first-order valence-corrected chi connectivity index (χ1v) is 7.85. The Morgan fingerprint density at radius 2 is 2.11 bits per heavy atom. The molecule has 3 nitrogen and oxygen atoms in total. The first kappa shape index (κ1) is 13.1. The van der Waals surface area contributed by atoms with Crippen molar-refractivity contribution in [2.24, 2.45) is 0 Å². The van der Waals surface area contributed by atoms with Crippen LogP contribution in [0.1, 0.15) is 4.88 Å². The predicted octanol–water partition coefficient (Wildman–Crippen LogP) is 4.39. The van der Waals surface area contributed by atoms with Gasteiger partial charge in [0.05, 0.1) is 22.1 Å². The molecule has 2 heterocycles. The first-order chi connectivity index (χ1) is 9.04. The number of nitrogens with zero attached hydrogens (tertiary/aromatic N) is 2. The highest BCUT2D eigenvalue weighted by Crippen LogP contribution is 2.27. The van der Waals surface area contributed by atoms with Crippen LogP contribution in [0.3, 0.4) is 0 Å². The summed E-state index contributed by atoms with van der Waals surface area (Å²) in [4.78, 5) is 5.34. The van der Waals surface area contributed by atoms with E-state index < -0.39 is 0 Å². The topological polar surface area (TPSA) is 43.8 Å². The second-order valence-electron chi connectivity index (χ2n) is 4.04. The largest absolute Gasteiger partial charge is 0.369 e. The van der Waals surface area contributed by atoms with E-state index in [-0.39, 0.29) is 5.82 Å². The van der Waals surface area contributed by atoms with E-state index >= 15 is 0 Å². The van der Waals surface area contributed by atoms with Crippen LogP contribution >= 0.6 is 43.2 Å². The van der Waals surface area contributed by atoms with Crippen molar-refractivity contribution in [3.05, 3.63) is 43.2 Å². The third-order valence-corrected chi connectivity index (χ3v) is 5.05. The van der Waals surface area contributed by atoms with Crippen molar-refractivity contribution in [3.63, 3.8) is 0 Å². The van der Waals surface area contributed by atoms with Crippen LogP contribution in [-0.4, -0.2) is 9.55 Å². The molecule has 0 radical (unpaired) electrons. The van der Waals surface area contributed by atoms with Gasteiger partial charge in [-0.1, -0.05) is 0 Å². The molecule has 98 valence electrons. The van der Waals surface area contributed by atoms with Gasteiger partial charge >= 0.3 is 0 Å². The second-order valence-corrected chi connectivity index (χ2v) is 6.81. The maximum absolute atomic E-state index is 13.5. The van der Waals surface area contributed by atoms with Crippen LogP contribution in [0.4, 0.5) is 10.3 Å². The molecular formula is C12H8Br2FN3S. The lowest BCUT2D eigenvalue weighted by Gasteiger charge is -2.04. The molecule has 7 heteroatoms. The summed E-state index contributed by atoms with van der Waals surface area (Å²) < 4.78 is 16.8. The Kier molecular flexibility index (Phi) is 3.36. The van der Waals surface area contributed by atoms with Crippen molar-refractivity contribution in [3.8, 4) is 0 Å². The van der Waals surface area contributed by atoms with E-state index in [1.54, 1.807) is 17.4 Å². The normalized spacial score (nSPS) is 11.3. The molecule has 0 fully saturated rings. The van der Waals surface area contributed by atoms with Crippen molar-refractivity contribution in [2.75, 3.05) is 5.73 Å². The smallest absolute Gasteiger partial charge is 0.201 e. The van der Waals surface area contributed by atoms with Gasteiger partial charge in [0.25, 0.3) is 0 Å². The van der Waals surface area contributed by atoms with E-state index in [2.05, 4.69) is 36.8 Å². The summed E-state index contributed by atoms with van der Waals surface area (Å²) in [5, 5.41) is 2.01. The Morgan fingerprint density at radius 1 is 1.32 bits per heavy atom. The number of aromatic nitrogens is 2. The Morgan fingerprint density at radius 3 is 2.79 bits per heavy atom. The molecule has 3 aromatic rings. The number of nitrogens with two attached hydrogens (primary N) is 1. The number of benzene rings is 1. The van der Waals surface area contributed by atoms with E-state index in [1.807, 2.05) is 16.0 Å². The molecule has 1 aromatic carbocycles. The lowest BCUT2D eigenvalue weighted by molar-refractivity contribution is 0.622. The van der Waals surface area contributed by atoms with Crippen LogP contribution in [0.25, 0.3) is 11.0 Å². The number of hydrogen-bond acceptors (Lipinski definition) is 3. The molecule has 0 amide bonds. The highest BCUT2D eigenvalue weighted by Gasteiger charge is 2.12. The van der Waals surface area contributed by atoms with Gasteiger partial charge in [-0.15, -0.1) is 11.3 Å². The number of hydrogen-bond donors (Lipinski definition) is 1. The monoisotopic (exact) mass is 403 g/mol. The molecule has 19 heavy (non-hydrogen) atoms. The molecule has 3 rings (SSSR count). The lowest BCUT2D eigenvalue weighted by atomic mass is 10.3. The van der Waals surface area contributed by atoms with Gasteiger partial charge in [-0.3, -0.25) is 0 Å². The summed E-state index contributed by atoms with van der Waals surface area (Å²) in [6, 6.07) is 5.13. The molecule has 2 N–H and O–H groups in total. The maximum atomic E-state index is 13.5. The molecule has 0 aliphatic carbocycles. The highest BCUT2D eigenvalue weighted by molar-refractivity contribution is 9.10. The summed E-state index contributed by atoms with van der Waals surface area (Å²) in [7, 11) is 0. The number of rotatable bonds is 2. The predicted molar refractivity (Wildman–Crippen MR) is 82.9 cm³/mol. The first-order valence-electron chi connectivity index (χ1n) is 5.38. The van der Waals surface area contributed by atoms with Gasteiger partial charge in [-0.25, -0.2) is 9.37 Å². The van der Waals surface area contributed by atoms with Gasteiger partial charge in [0.1, 0.15) is 5.82 Å². The van der Waals surface area contributed by atoms with Crippen LogP contribution in [-0.2, 0) is 6.54 Å². The molecule has 0 bridgehead atoms. The van der Waals surface area contributed by atoms with Crippen LogP contribution in [0.2, 0.25) is 0 Å². The van der Waals surface area contributed by atoms with E-state index in [1.165, 1.54) is 6.07 Å². The zero-order valence-corrected chi connectivity index (χ0v) is 13.5. The average molecular weight is 405 g/mol. The fourth-order valence-electron chi connectivity index (χ4n) is 1.90. The zero-order chi connectivity index (χ0) is 13.6. The second kappa shape index (κ2) is 4.88. The third-order valence-electron chi connectivity index (χ3n) is 2.76. The number of imidazole rings is 1. The minimum atomic E-state index is -0.337. The molecule has 0 saturated heterocycles. The SMILES string of the molecule is Nc1nc2cc(F)c(Br)cc2n1Cc1cc(Br)cs1. The quantitative estimate of drug-likeness (QED) is 0.688. The molecular weight excluding hydrogens is 397 g/mol. The Hall–Kier alpha value is -0.920. The Balaban J connectivity index is 2.12. The minimum Gasteiger partial charge on any atom is -0.369 e. The Labute approximate surface area is 129 Å². The summed E-state index contributed by atoms with van der Waals surface area (Å²) in [6.07, 6.45) is 0.